The van der Waals surface area contributed by atoms with E-state index in [0.29, 0.717) is 5.01 Å². The number of para-hydroxylation sites is 1. The van der Waals surface area contributed by atoms with Gasteiger partial charge in [-0.1, -0.05) is 12.1 Å². The quantitative estimate of drug-likeness (QED) is 0.421. The number of methoxy groups -OCH3 is 1. The van der Waals surface area contributed by atoms with Gasteiger partial charge < -0.3 is 9.30 Å². The topological polar surface area (TPSA) is 68.5 Å². The first-order valence-electron chi connectivity index (χ1n) is 8.55. The zero-order valence-electron chi connectivity index (χ0n) is 15.0. The Bertz CT molecular complexity index is 1130. The number of nitrogens with zero attached hydrogens (tertiary/aromatic N) is 3. The maximum absolute atomic E-state index is 12.3. The smallest absolute Gasteiger partial charge is 0.300 e. The predicted molar refractivity (Wildman–Crippen MR) is 109 cm³/mol. The van der Waals surface area contributed by atoms with Crippen molar-refractivity contribution in [1.29, 1.82) is 0 Å². The van der Waals surface area contributed by atoms with Gasteiger partial charge in [0.15, 0.2) is 5.01 Å². The molecule has 4 rings (SSSR count). The maximum atomic E-state index is 12.3. The summed E-state index contributed by atoms with van der Waals surface area (Å²) in [6.45, 7) is 2.92. The van der Waals surface area contributed by atoms with Gasteiger partial charge in [-0.3, -0.25) is 4.79 Å². The number of carbonyl (C=O) groups is 1. The number of ether oxygens (including phenoxy) is 1. The predicted octanol–water partition coefficient (Wildman–Crippen LogP) is 4.04. The van der Waals surface area contributed by atoms with Crippen LogP contribution in [0, 0.1) is 0 Å². The summed E-state index contributed by atoms with van der Waals surface area (Å²) in [6, 6.07) is 13.6. The van der Waals surface area contributed by atoms with Crippen LogP contribution in [0.25, 0.3) is 21.1 Å². The Labute approximate surface area is 160 Å². The van der Waals surface area contributed by atoms with Crippen LogP contribution in [0.3, 0.4) is 0 Å². The summed E-state index contributed by atoms with van der Waals surface area (Å²) < 4.78 is 8.43. The number of aromatic nitrogens is 2. The number of hydrazone groups is 1. The van der Waals surface area contributed by atoms with Crippen molar-refractivity contribution in [1.82, 2.24) is 15.0 Å². The number of amides is 1. The van der Waals surface area contributed by atoms with Crippen LogP contribution in [0.1, 0.15) is 22.3 Å². The Hall–Kier alpha value is -3.19. The zero-order chi connectivity index (χ0) is 18.8. The van der Waals surface area contributed by atoms with Crippen molar-refractivity contribution >= 4 is 44.6 Å². The standard InChI is InChI=1S/C20H18N4O2S/c1-3-24-12-13(15-10-14(26-2)8-9-17(15)24)11-21-23-19(25)20-22-16-6-4-5-7-18(16)27-20/h4-12H,3H2,1-2H3,(H,23,25)/b21-11+. The molecule has 0 fully saturated rings. The molecule has 0 aliphatic rings. The first kappa shape index (κ1) is 17.2. The average Bonchev–Trinajstić information content (AvgIpc) is 3.29. The Morgan fingerprint density at radius 3 is 2.96 bits per heavy atom. The number of aryl methyl sites for hydroxylation is 1. The Balaban J connectivity index is 1.58. The van der Waals surface area contributed by atoms with Crippen LogP contribution in [-0.4, -0.2) is 28.8 Å². The SMILES string of the molecule is CCn1cc(/C=N/NC(=O)c2nc3ccccc3s2)c2cc(OC)ccc21. The third-order valence-corrected chi connectivity index (χ3v) is 5.35. The van der Waals surface area contributed by atoms with Crippen LogP contribution in [0.2, 0.25) is 0 Å². The van der Waals surface area contributed by atoms with Crippen LogP contribution in [-0.2, 0) is 6.54 Å². The lowest BCUT2D eigenvalue weighted by atomic mass is 10.2. The fourth-order valence-corrected chi connectivity index (χ4v) is 3.83. The lowest BCUT2D eigenvalue weighted by Crippen LogP contribution is -2.17. The molecule has 0 atom stereocenters. The van der Waals surface area contributed by atoms with Crippen molar-refractivity contribution in [3.8, 4) is 5.75 Å². The average molecular weight is 378 g/mol. The number of rotatable bonds is 5. The summed E-state index contributed by atoms with van der Waals surface area (Å²) in [5.74, 6) is 0.466. The summed E-state index contributed by atoms with van der Waals surface area (Å²) in [7, 11) is 1.64. The van der Waals surface area contributed by atoms with Gasteiger partial charge in [-0.2, -0.15) is 5.10 Å². The second-order valence-corrected chi connectivity index (χ2v) is 6.97. The highest BCUT2D eigenvalue weighted by Gasteiger charge is 2.11. The van der Waals surface area contributed by atoms with Gasteiger partial charge in [0.2, 0.25) is 0 Å². The summed E-state index contributed by atoms with van der Waals surface area (Å²) in [6.07, 6.45) is 3.66. The molecule has 2 aromatic carbocycles. The lowest BCUT2D eigenvalue weighted by Gasteiger charge is -2.02. The molecule has 6 nitrogen and oxygen atoms in total. The molecular weight excluding hydrogens is 360 g/mol. The van der Waals surface area contributed by atoms with Crippen molar-refractivity contribution in [3.05, 3.63) is 59.2 Å². The van der Waals surface area contributed by atoms with E-state index in [4.69, 9.17) is 4.74 Å². The van der Waals surface area contributed by atoms with Gasteiger partial charge in [0.25, 0.3) is 5.91 Å². The molecule has 1 amide bonds. The van der Waals surface area contributed by atoms with Crippen molar-refractivity contribution in [2.75, 3.05) is 7.11 Å². The first-order chi connectivity index (χ1) is 13.2. The zero-order valence-corrected chi connectivity index (χ0v) is 15.8. The first-order valence-corrected chi connectivity index (χ1v) is 9.37. The van der Waals surface area contributed by atoms with E-state index in [2.05, 4.69) is 27.0 Å². The number of benzene rings is 2. The summed E-state index contributed by atoms with van der Waals surface area (Å²) in [5, 5.41) is 5.55. The number of thiazole rings is 1. The minimum absolute atomic E-state index is 0.315. The Morgan fingerprint density at radius 1 is 1.33 bits per heavy atom. The molecule has 4 aromatic rings. The van der Waals surface area contributed by atoms with Crippen molar-refractivity contribution in [2.24, 2.45) is 5.10 Å². The molecule has 2 aromatic heterocycles. The van der Waals surface area contributed by atoms with E-state index in [-0.39, 0.29) is 5.91 Å². The molecule has 1 N–H and O–H groups in total. The van der Waals surface area contributed by atoms with E-state index in [1.165, 1.54) is 11.3 Å². The van der Waals surface area contributed by atoms with E-state index < -0.39 is 0 Å². The van der Waals surface area contributed by atoms with Crippen LogP contribution >= 0.6 is 11.3 Å². The van der Waals surface area contributed by atoms with Gasteiger partial charge in [0.05, 0.1) is 23.5 Å². The van der Waals surface area contributed by atoms with Crippen molar-refractivity contribution in [2.45, 2.75) is 13.5 Å². The molecule has 136 valence electrons. The lowest BCUT2D eigenvalue weighted by molar-refractivity contribution is 0.0955. The molecule has 0 spiro atoms. The largest absolute Gasteiger partial charge is 0.497 e. The summed E-state index contributed by atoms with van der Waals surface area (Å²) in [5.41, 5.74) is 5.39. The Kier molecular flexibility index (Phi) is 4.60. The molecule has 0 saturated heterocycles. The van der Waals surface area contributed by atoms with Gasteiger partial charge in [0, 0.05) is 29.2 Å². The van der Waals surface area contributed by atoms with Crippen LogP contribution in [0.15, 0.2) is 53.8 Å². The van der Waals surface area contributed by atoms with Gasteiger partial charge in [-0.05, 0) is 37.3 Å². The van der Waals surface area contributed by atoms with E-state index in [0.717, 1.165) is 39.0 Å². The van der Waals surface area contributed by atoms with Gasteiger partial charge in [-0.15, -0.1) is 11.3 Å². The number of fused-ring (bicyclic) bond motifs is 2. The van der Waals surface area contributed by atoms with E-state index in [1.807, 2.05) is 48.7 Å². The number of nitrogens with one attached hydrogen (secondary N) is 1. The molecule has 0 aliphatic heterocycles. The highest BCUT2D eigenvalue weighted by atomic mass is 32.1. The van der Waals surface area contributed by atoms with Crippen molar-refractivity contribution in [3.63, 3.8) is 0 Å². The highest BCUT2D eigenvalue weighted by molar-refractivity contribution is 7.20. The third-order valence-electron chi connectivity index (χ3n) is 4.32. The van der Waals surface area contributed by atoms with Crippen molar-refractivity contribution < 1.29 is 9.53 Å². The molecule has 7 heteroatoms. The third kappa shape index (κ3) is 3.29. The minimum Gasteiger partial charge on any atom is -0.497 e. The van der Waals surface area contributed by atoms with E-state index in [9.17, 15) is 4.79 Å². The van der Waals surface area contributed by atoms with Crippen LogP contribution in [0.4, 0.5) is 0 Å². The van der Waals surface area contributed by atoms with Gasteiger partial charge in [-0.25, -0.2) is 10.4 Å². The fourth-order valence-electron chi connectivity index (χ4n) is 2.97. The molecule has 0 unspecified atom stereocenters. The number of carbonyl (C=O) groups excluding carboxylic acids is 1. The van der Waals surface area contributed by atoms with Gasteiger partial charge >= 0.3 is 0 Å². The second-order valence-electron chi connectivity index (χ2n) is 5.94. The highest BCUT2D eigenvalue weighted by Crippen LogP contribution is 2.25. The Morgan fingerprint density at radius 2 is 2.19 bits per heavy atom. The van der Waals surface area contributed by atoms with Gasteiger partial charge in [0.1, 0.15) is 5.75 Å². The molecule has 0 radical (unpaired) electrons. The molecule has 0 saturated carbocycles. The molecule has 0 bridgehead atoms. The van der Waals surface area contributed by atoms with Crippen LogP contribution in [0.5, 0.6) is 5.75 Å². The summed E-state index contributed by atoms with van der Waals surface area (Å²) >= 11 is 1.35. The molecular formula is C20H18N4O2S. The molecule has 2 heterocycles. The monoisotopic (exact) mass is 378 g/mol. The minimum atomic E-state index is -0.315. The normalized spacial score (nSPS) is 11.5. The molecule has 0 aliphatic carbocycles. The fraction of sp³-hybridized carbons (Fsp3) is 0.150. The summed E-state index contributed by atoms with van der Waals surface area (Å²) in [4.78, 5) is 16.7. The van der Waals surface area contributed by atoms with Crippen LogP contribution < -0.4 is 10.2 Å². The number of hydrogen-bond acceptors (Lipinski definition) is 5. The number of hydrogen-bond donors (Lipinski definition) is 1. The second kappa shape index (κ2) is 7.20. The van der Waals surface area contributed by atoms with E-state index >= 15 is 0 Å². The molecule has 27 heavy (non-hydrogen) atoms. The van der Waals surface area contributed by atoms with E-state index in [1.54, 1.807) is 13.3 Å². The maximum Gasteiger partial charge on any atom is 0.300 e.